The molecule has 1 fully saturated rings. The number of hydrogen-bond acceptors (Lipinski definition) is 4. The van der Waals surface area contributed by atoms with E-state index in [-0.39, 0.29) is 16.9 Å². The Labute approximate surface area is 166 Å². The number of aliphatic hydroxyl groups is 1. The summed E-state index contributed by atoms with van der Waals surface area (Å²) in [6, 6.07) is 13.0. The average Bonchev–Trinajstić information content (AvgIpc) is 3.31. The third-order valence-corrected chi connectivity index (χ3v) is 5.00. The van der Waals surface area contributed by atoms with E-state index < -0.39 is 23.5 Å². The molecule has 1 N–H and O–H groups in total. The van der Waals surface area contributed by atoms with Gasteiger partial charge in [0.1, 0.15) is 23.4 Å². The number of aliphatic hydroxyl groups excluding tert-OH is 1. The quantitative estimate of drug-likeness (QED) is 0.400. The fourth-order valence-electron chi connectivity index (χ4n) is 3.54. The third-order valence-electron chi connectivity index (χ3n) is 5.00. The molecular formula is C23H18FNO4. The lowest BCUT2D eigenvalue weighted by Crippen LogP contribution is -2.30. The highest BCUT2D eigenvalue weighted by molar-refractivity contribution is 6.51. The molecule has 5 nitrogen and oxygen atoms in total. The summed E-state index contributed by atoms with van der Waals surface area (Å²) in [5, 5.41) is 10.9. The highest BCUT2D eigenvalue weighted by Crippen LogP contribution is 2.43. The number of carbonyl (C=O) groups is 2. The number of amides is 1. The standard InChI is InChI=1S/C23H18FNO4/c1-13-5-6-14(2)17(12-13)25-20(18-4-3-11-29-18)19(22(27)23(25)28)21(26)15-7-9-16(24)10-8-15/h3-12,20,26H,1-2H3/b21-19-. The summed E-state index contributed by atoms with van der Waals surface area (Å²) < 4.78 is 18.8. The molecule has 0 aliphatic carbocycles. The fourth-order valence-corrected chi connectivity index (χ4v) is 3.54. The Bertz CT molecular complexity index is 1130. The van der Waals surface area contributed by atoms with Gasteiger partial charge in [-0.2, -0.15) is 0 Å². The molecule has 6 heteroatoms. The van der Waals surface area contributed by atoms with Crippen LogP contribution in [0.4, 0.5) is 10.1 Å². The molecule has 0 saturated carbocycles. The Morgan fingerprint density at radius 1 is 1.07 bits per heavy atom. The van der Waals surface area contributed by atoms with Crippen molar-refractivity contribution in [3.05, 3.63) is 94.7 Å². The molecule has 2 heterocycles. The Morgan fingerprint density at radius 2 is 1.79 bits per heavy atom. The minimum atomic E-state index is -0.935. The zero-order valence-electron chi connectivity index (χ0n) is 15.8. The van der Waals surface area contributed by atoms with Crippen LogP contribution in [-0.2, 0) is 9.59 Å². The van der Waals surface area contributed by atoms with Gasteiger partial charge in [0.2, 0.25) is 0 Å². The first kappa shape index (κ1) is 18.7. The minimum absolute atomic E-state index is 0.0996. The number of nitrogens with zero attached hydrogens (tertiary/aromatic N) is 1. The number of benzene rings is 2. The molecule has 1 unspecified atom stereocenters. The Balaban J connectivity index is 1.95. The van der Waals surface area contributed by atoms with Gasteiger partial charge in [-0.05, 0) is 67.4 Å². The number of furan rings is 1. The van der Waals surface area contributed by atoms with Crippen molar-refractivity contribution in [1.82, 2.24) is 0 Å². The first-order valence-corrected chi connectivity index (χ1v) is 9.06. The number of ketones is 1. The van der Waals surface area contributed by atoms with Gasteiger partial charge in [0.05, 0.1) is 11.8 Å². The zero-order valence-corrected chi connectivity index (χ0v) is 15.8. The van der Waals surface area contributed by atoms with Crippen LogP contribution in [-0.4, -0.2) is 16.8 Å². The Morgan fingerprint density at radius 3 is 2.45 bits per heavy atom. The summed E-state index contributed by atoms with van der Waals surface area (Å²) in [7, 11) is 0. The summed E-state index contributed by atoms with van der Waals surface area (Å²) >= 11 is 0. The van der Waals surface area contributed by atoms with Crippen LogP contribution in [0.15, 0.2) is 70.9 Å². The summed E-state index contributed by atoms with van der Waals surface area (Å²) in [6.45, 7) is 3.73. The largest absolute Gasteiger partial charge is 0.507 e. The van der Waals surface area contributed by atoms with Gasteiger partial charge in [0.25, 0.3) is 11.7 Å². The molecule has 0 radical (unpaired) electrons. The lowest BCUT2D eigenvalue weighted by atomic mass is 9.99. The van der Waals surface area contributed by atoms with E-state index in [0.717, 1.165) is 11.1 Å². The van der Waals surface area contributed by atoms with Crippen LogP contribution < -0.4 is 4.90 Å². The van der Waals surface area contributed by atoms with Crippen molar-refractivity contribution in [3.8, 4) is 0 Å². The topological polar surface area (TPSA) is 70.8 Å². The molecule has 1 saturated heterocycles. The molecule has 4 rings (SSSR count). The molecule has 2 aromatic carbocycles. The molecular weight excluding hydrogens is 373 g/mol. The van der Waals surface area contributed by atoms with E-state index in [4.69, 9.17) is 4.42 Å². The molecule has 146 valence electrons. The Kier molecular flexibility index (Phi) is 4.54. The molecule has 0 bridgehead atoms. The molecule has 1 aliphatic heterocycles. The first-order valence-electron chi connectivity index (χ1n) is 9.06. The van der Waals surface area contributed by atoms with Gasteiger partial charge in [-0.25, -0.2) is 4.39 Å². The number of aryl methyl sites for hydroxylation is 2. The molecule has 1 atom stereocenters. The predicted molar refractivity (Wildman–Crippen MR) is 106 cm³/mol. The first-order chi connectivity index (χ1) is 13.9. The maximum Gasteiger partial charge on any atom is 0.300 e. The van der Waals surface area contributed by atoms with E-state index in [1.165, 1.54) is 35.4 Å². The number of hydrogen-bond donors (Lipinski definition) is 1. The van der Waals surface area contributed by atoms with Gasteiger partial charge in [-0.15, -0.1) is 0 Å². The van der Waals surface area contributed by atoms with E-state index >= 15 is 0 Å². The van der Waals surface area contributed by atoms with Gasteiger partial charge in [-0.3, -0.25) is 14.5 Å². The van der Waals surface area contributed by atoms with E-state index in [1.807, 2.05) is 32.0 Å². The van der Waals surface area contributed by atoms with Gasteiger partial charge < -0.3 is 9.52 Å². The van der Waals surface area contributed by atoms with Gasteiger partial charge >= 0.3 is 0 Å². The summed E-state index contributed by atoms with van der Waals surface area (Å²) in [5.74, 6) is -2.09. The van der Waals surface area contributed by atoms with Crippen molar-refractivity contribution >= 4 is 23.1 Å². The van der Waals surface area contributed by atoms with Crippen LogP contribution in [0.5, 0.6) is 0 Å². The van der Waals surface area contributed by atoms with Crippen molar-refractivity contribution < 1.29 is 23.5 Å². The van der Waals surface area contributed by atoms with Crippen LogP contribution in [0.2, 0.25) is 0 Å². The monoisotopic (exact) mass is 391 g/mol. The van der Waals surface area contributed by atoms with E-state index in [9.17, 15) is 19.1 Å². The summed E-state index contributed by atoms with van der Waals surface area (Å²) in [6.07, 6.45) is 1.44. The second-order valence-electron chi connectivity index (χ2n) is 6.98. The lowest BCUT2D eigenvalue weighted by Gasteiger charge is -2.25. The van der Waals surface area contributed by atoms with Crippen LogP contribution in [0.1, 0.15) is 28.5 Å². The number of anilines is 1. The van der Waals surface area contributed by atoms with Crippen molar-refractivity contribution in [3.63, 3.8) is 0 Å². The molecule has 3 aromatic rings. The molecule has 0 spiro atoms. The summed E-state index contributed by atoms with van der Waals surface area (Å²) in [5.41, 5.74) is 2.42. The van der Waals surface area contributed by atoms with Crippen LogP contribution >= 0.6 is 0 Å². The average molecular weight is 391 g/mol. The third kappa shape index (κ3) is 3.12. The second kappa shape index (κ2) is 7.05. The highest BCUT2D eigenvalue weighted by Gasteiger charge is 2.48. The van der Waals surface area contributed by atoms with Crippen molar-refractivity contribution in [2.24, 2.45) is 0 Å². The van der Waals surface area contributed by atoms with Gasteiger partial charge in [0.15, 0.2) is 0 Å². The highest BCUT2D eigenvalue weighted by atomic mass is 19.1. The van der Waals surface area contributed by atoms with E-state index in [0.29, 0.717) is 11.4 Å². The van der Waals surface area contributed by atoms with Gasteiger partial charge in [-0.1, -0.05) is 12.1 Å². The van der Waals surface area contributed by atoms with Crippen LogP contribution in [0, 0.1) is 19.7 Å². The number of carbonyl (C=O) groups excluding carboxylic acids is 2. The number of halogens is 1. The Hall–Kier alpha value is -3.67. The van der Waals surface area contributed by atoms with Crippen molar-refractivity contribution in [2.45, 2.75) is 19.9 Å². The smallest absolute Gasteiger partial charge is 0.300 e. The summed E-state index contributed by atoms with van der Waals surface area (Å²) in [4.78, 5) is 27.3. The molecule has 1 aromatic heterocycles. The maximum absolute atomic E-state index is 13.3. The van der Waals surface area contributed by atoms with Crippen molar-refractivity contribution in [1.29, 1.82) is 0 Å². The lowest BCUT2D eigenvalue weighted by molar-refractivity contribution is -0.132. The molecule has 1 amide bonds. The molecule has 1 aliphatic rings. The normalized spacial score (nSPS) is 18.4. The van der Waals surface area contributed by atoms with Crippen LogP contribution in [0.3, 0.4) is 0 Å². The van der Waals surface area contributed by atoms with Gasteiger partial charge in [0, 0.05) is 11.3 Å². The van der Waals surface area contributed by atoms with Crippen molar-refractivity contribution in [2.75, 3.05) is 4.90 Å². The van der Waals surface area contributed by atoms with Crippen LogP contribution in [0.25, 0.3) is 5.76 Å². The predicted octanol–water partition coefficient (Wildman–Crippen LogP) is 4.66. The minimum Gasteiger partial charge on any atom is -0.507 e. The zero-order chi connectivity index (χ0) is 20.7. The molecule has 29 heavy (non-hydrogen) atoms. The van der Waals surface area contributed by atoms with E-state index in [1.54, 1.807) is 12.1 Å². The number of rotatable bonds is 3. The maximum atomic E-state index is 13.3. The fraction of sp³-hybridized carbons (Fsp3) is 0.130. The second-order valence-corrected chi connectivity index (χ2v) is 6.98. The SMILES string of the molecule is Cc1ccc(C)c(N2C(=O)C(=O)/C(=C(\O)c3ccc(F)cc3)C2c2ccco2)c1. The number of Topliss-reactive ketones (excluding diaryl/α,β-unsaturated/α-hetero) is 1. The van der Waals surface area contributed by atoms with E-state index in [2.05, 4.69) is 0 Å².